The van der Waals surface area contributed by atoms with Gasteiger partial charge < -0.3 is 14.8 Å². The number of hydrogen-bond acceptors (Lipinski definition) is 4. The van der Waals surface area contributed by atoms with Crippen LogP contribution in [0.3, 0.4) is 0 Å². The van der Waals surface area contributed by atoms with E-state index in [1.165, 1.54) is 37.3 Å². The fourth-order valence-electron chi connectivity index (χ4n) is 2.00. The van der Waals surface area contributed by atoms with E-state index in [0.29, 0.717) is 16.3 Å². The van der Waals surface area contributed by atoms with Crippen LogP contribution in [0.25, 0.3) is 6.08 Å². The molecule has 1 amide bonds. The number of amides is 1. The highest BCUT2D eigenvalue weighted by molar-refractivity contribution is 6.30. The van der Waals surface area contributed by atoms with Crippen molar-refractivity contribution in [2.75, 3.05) is 5.32 Å². The minimum absolute atomic E-state index is 0.0102. The Balaban J connectivity index is 1.86. The molecule has 0 aromatic heterocycles. The van der Waals surface area contributed by atoms with Crippen molar-refractivity contribution in [1.29, 1.82) is 0 Å². The fourth-order valence-corrected chi connectivity index (χ4v) is 2.19. The molecular weight excluding hydrogens is 380 g/mol. The number of ether oxygens (including phenoxy) is 2. The van der Waals surface area contributed by atoms with Gasteiger partial charge in [-0.15, -0.1) is 0 Å². The zero-order chi connectivity index (χ0) is 19.8. The second-order valence-electron chi connectivity index (χ2n) is 5.36. The summed E-state index contributed by atoms with van der Waals surface area (Å²) in [7, 11) is 0. The van der Waals surface area contributed by atoms with Crippen molar-refractivity contribution in [3.8, 4) is 5.75 Å². The Morgan fingerprint density at radius 3 is 2.48 bits per heavy atom. The maximum atomic E-state index is 12.1. The van der Waals surface area contributed by atoms with E-state index in [0.717, 1.165) is 6.08 Å². The first-order chi connectivity index (χ1) is 12.8. The van der Waals surface area contributed by atoms with E-state index in [4.69, 9.17) is 16.3 Å². The number of benzene rings is 2. The molecule has 0 aliphatic heterocycles. The number of anilines is 1. The molecule has 0 aliphatic rings. The predicted octanol–water partition coefficient (Wildman–Crippen LogP) is 4.53. The number of alkyl halides is 2. The highest BCUT2D eigenvalue weighted by atomic mass is 35.5. The number of carbonyl (C=O) groups is 2. The quantitative estimate of drug-likeness (QED) is 0.552. The van der Waals surface area contributed by atoms with Crippen LogP contribution in [0.5, 0.6) is 5.75 Å². The van der Waals surface area contributed by atoms with E-state index in [1.54, 1.807) is 24.3 Å². The van der Waals surface area contributed by atoms with Crippen LogP contribution >= 0.6 is 11.6 Å². The first-order valence-electron chi connectivity index (χ1n) is 7.83. The van der Waals surface area contributed by atoms with Gasteiger partial charge in [-0.2, -0.15) is 8.78 Å². The third-order valence-corrected chi connectivity index (χ3v) is 3.51. The minimum Gasteiger partial charge on any atom is -0.449 e. The van der Waals surface area contributed by atoms with Crippen molar-refractivity contribution in [3.05, 3.63) is 65.2 Å². The first kappa shape index (κ1) is 20.4. The van der Waals surface area contributed by atoms with Gasteiger partial charge in [-0.1, -0.05) is 29.8 Å². The van der Waals surface area contributed by atoms with Gasteiger partial charge in [-0.3, -0.25) is 4.79 Å². The molecule has 0 radical (unpaired) electrons. The summed E-state index contributed by atoms with van der Waals surface area (Å²) in [5.74, 6) is -1.22. The molecule has 2 aromatic rings. The van der Waals surface area contributed by atoms with Crippen LogP contribution < -0.4 is 10.1 Å². The molecule has 0 aliphatic carbocycles. The van der Waals surface area contributed by atoms with Gasteiger partial charge in [0.1, 0.15) is 5.75 Å². The molecule has 2 rings (SSSR count). The molecule has 27 heavy (non-hydrogen) atoms. The van der Waals surface area contributed by atoms with Gasteiger partial charge in [0.25, 0.3) is 5.91 Å². The van der Waals surface area contributed by atoms with Gasteiger partial charge in [0.05, 0.1) is 0 Å². The van der Waals surface area contributed by atoms with Gasteiger partial charge >= 0.3 is 12.6 Å². The number of halogens is 3. The number of rotatable bonds is 7. The van der Waals surface area contributed by atoms with E-state index in [9.17, 15) is 18.4 Å². The Bertz CT molecular complexity index is 825. The van der Waals surface area contributed by atoms with E-state index >= 15 is 0 Å². The summed E-state index contributed by atoms with van der Waals surface area (Å²) in [6, 6.07) is 12.2. The lowest BCUT2D eigenvalue weighted by Gasteiger charge is -2.12. The summed E-state index contributed by atoms with van der Waals surface area (Å²) in [6.07, 6.45) is 1.53. The summed E-state index contributed by atoms with van der Waals surface area (Å²) in [5, 5.41) is 3.05. The molecule has 5 nitrogen and oxygen atoms in total. The molecule has 0 spiro atoms. The summed E-state index contributed by atoms with van der Waals surface area (Å²) in [4.78, 5) is 23.8. The maximum Gasteiger partial charge on any atom is 0.387 e. The molecule has 0 unspecified atom stereocenters. The Labute approximate surface area is 159 Å². The highest BCUT2D eigenvalue weighted by Crippen LogP contribution is 2.16. The van der Waals surface area contributed by atoms with Crippen LogP contribution in [-0.4, -0.2) is 24.6 Å². The zero-order valence-corrected chi connectivity index (χ0v) is 15.0. The van der Waals surface area contributed by atoms with E-state index in [-0.39, 0.29) is 5.75 Å². The Morgan fingerprint density at radius 1 is 1.15 bits per heavy atom. The SMILES string of the molecule is C[C@H](OC(=O)/C=C/c1ccc(OC(F)F)cc1)C(=O)Nc1cccc(Cl)c1. The molecule has 0 saturated heterocycles. The van der Waals surface area contributed by atoms with Crippen molar-refractivity contribution < 1.29 is 27.8 Å². The molecule has 142 valence electrons. The Kier molecular flexibility index (Phi) is 7.31. The summed E-state index contributed by atoms with van der Waals surface area (Å²) < 4.78 is 33.4. The highest BCUT2D eigenvalue weighted by Gasteiger charge is 2.16. The maximum absolute atomic E-state index is 12.1. The van der Waals surface area contributed by atoms with Gasteiger partial charge in [0, 0.05) is 16.8 Å². The lowest BCUT2D eigenvalue weighted by molar-refractivity contribution is -0.148. The molecule has 1 N–H and O–H groups in total. The molecule has 0 saturated carbocycles. The van der Waals surface area contributed by atoms with Crippen LogP contribution in [0.15, 0.2) is 54.6 Å². The number of esters is 1. The second kappa shape index (κ2) is 9.68. The summed E-state index contributed by atoms with van der Waals surface area (Å²) in [5.41, 5.74) is 1.06. The van der Waals surface area contributed by atoms with Crippen molar-refractivity contribution in [2.45, 2.75) is 19.6 Å². The van der Waals surface area contributed by atoms with Gasteiger partial charge in [-0.05, 0) is 48.9 Å². The van der Waals surface area contributed by atoms with Crippen LogP contribution in [0.1, 0.15) is 12.5 Å². The predicted molar refractivity (Wildman–Crippen MR) is 97.7 cm³/mol. The molecule has 0 bridgehead atoms. The third-order valence-electron chi connectivity index (χ3n) is 3.27. The van der Waals surface area contributed by atoms with E-state index in [2.05, 4.69) is 10.1 Å². The van der Waals surface area contributed by atoms with Crippen LogP contribution in [0.4, 0.5) is 14.5 Å². The standard InChI is InChI=1S/C19H16ClF2NO4/c1-12(18(25)23-15-4-2-3-14(20)11-15)26-17(24)10-7-13-5-8-16(9-6-13)27-19(21)22/h2-12,19H,1H3,(H,23,25)/b10-7+/t12-/m0/s1. The lowest BCUT2D eigenvalue weighted by atomic mass is 10.2. The monoisotopic (exact) mass is 395 g/mol. The topological polar surface area (TPSA) is 64.6 Å². The number of hydrogen-bond donors (Lipinski definition) is 1. The van der Waals surface area contributed by atoms with Crippen molar-refractivity contribution >= 4 is 35.2 Å². The summed E-state index contributed by atoms with van der Waals surface area (Å²) in [6.45, 7) is -1.47. The largest absolute Gasteiger partial charge is 0.449 e. The molecule has 0 heterocycles. The average Bonchev–Trinajstić information content (AvgIpc) is 2.60. The molecule has 0 fully saturated rings. The Hall–Kier alpha value is -2.93. The van der Waals surface area contributed by atoms with Gasteiger partial charge in [0.2, 0.25) is 0 Å². The molecule has 1 atom stereocenters. The average molecular weight is 396 g/mol. The molecule has 2 aromatic carbocycles. The van der Waals surface area contributed by atoms with E-state index < -0.39 is 24.6 Å². The molecular formula is C19H16ClF2NO4. The van der Waals surface area contributed by atoms with E-state index in [1.807, 2.05) is 0 Å². The zero-order valence-electron chi connectivity index (χ0n) is 14.2. The number of nitrogens with one attached hydrogen (secondary N) is 1. The van der Waals surface area contributed by atoms with Crippen LogP contribution in [0, 0.1) is 0 Å². The normalized spacial score (nSPS) is 12.0. The Morgan fingerprint density at radius 2 is 1.85 bits per heavy atom. The van der Waals surface area contributed by atoms with Gasteiger partial charge in [-0.25, -0.2) is 4.79 Å². The van der Waals surface area contributed by atoms with Gasteiger partial charge in [0.15, 0.2) is 6.10 Å². The lowest BCUT2D eigenvalue weighted by Crippen LogP contribution is -2.29. The van der Waals surface area contributed by atoms with Crippen LogP contribution in [-0.2, 0) is 14.3 Å². The van der Waals surface area contributed by atoms with Crippen molar-refractivity contribution in [2.24, 2.45) is 0 Å². The smallest absolute Gasteiger partial charge is 0.387 e. The minimum atomic E-state index is -2.90. The summed E-state index contributed by atoms with van der Waals surface area (Å²) >= 11 is 5.84. The third kappa shape index (κ3) is 7.07. The van der Waals surface area contributed by atoms with Crippen molar-refractivity contribution in [1.82, 2.24) is 0 Å². The fraction of sp³-hybridized carbons (Fsp3) is 0.158. The second-order valence-corrected chi connectivity index (χ2v) is 5.80. The van der Waals surface area contributed by atoms with Crippen LogP contribution in [0.2, 0.25) is 5.02 Å². The number of carbonyl (C=O) groups excluding carboxylic acids is 2. The van der Waals surface area contributed by atoms with Crippen molar-refractivity contribution in [3.63, 3.8) is 0 Å². The molecule has 8 heteroatoms. The first-order valence-corrected chi connectivity index (χ1v) is 8.21.